The zero-order valence-corrected chi connectivity index (χ0v) is 12.0. The van der Waals surface area contributed by atoms with E-state index in [1.165, 1.54) is 0 Å². The van der Waals surface area contributed by atoms with Crippen LogP contribution in [0.25, 0.3) is 0 Å². The van der Waals surface area contributed by atoms with E-state index in [1.54, 1.807) is 25.1 Å². The van der Waals surface area contributed by atoms with E-state index >= 15 is 0 Å². The van der Waals surface area contributed by atoms with Crippen molar-refractivity contribution in [2.75, 3.05) is 12.3 Å². The molecule has 1 aliphatic carbocycles. The summed E-state index contributed by atoms with van der Waals surface area (Å²) in [6, 6.07) is 5.04. The fraction of sp³-hybridized carbons (Fsp3) is 0.538. The molecule has 6 heteroatoms. The summed E-state index contributed by atoms with van der Waals surface area (Å²) < 4.78 is 32.7. The average Bonchev–Trinajstić information content (AvgIpc) is 2.25. The second-order valence-electron chi connectivity index (χ2n) is 4.86. The Morgan fingerprint density at radius 1 is 1.42 bits per heavy atom. The van der Waals surface area contributed by atoms with E-state index in [0.717, 1.165) is 12.8 Å². The second-order valence-corrected chi connectivity index (χ2v) is 6.51. The Hall–Kier alpha value is -1.11. The summed E-state index contributed by atoms with van der Waals surface area (Å²) in [6.45, 7) is 4.34. The monoisotopic (exact) mass is 284 g/mol. The van der Waals surface area contributed by atoms with E-state index in [4.69, 9.17) is 10.5 Å². The third kappa shape index (κ3) is 3.08. The van der Waals surface area contributed by atoms with Crippen LogP contribution in [0.2, 0.25) is 0 Å². The van der Waals surface area contributed by atoms with Crippen molar-refractivity contribution in [2.45, 2.75) is 43.7 Å². The van der Waals surface area contributed by atoms with Gasteiger partial charge in [-0.15, -0.1) is 0 Å². The van der Waals surface area contributed by atoms with Crippen LogP contribution in [0, 0.1) is 6.92 Å². The Morgan fingerprint density at radius 2 is 2.11 bits per heavy atom. The molecule has 1 saturated carbocycles. The summed E-state index contributed by atoms with van der Waals surface area (Å²) in [5, 5.41) is 0. The molecule has 0 atom stereocenters. The molecule has 0 radical (unpaired) electrons. The number of anilines is 1. The maximum Gasteiger partial charge on any atom is 0.243 e. The summed E-state index contributed by atoms with van der Waals surface area (Å²) in [7, 11) is -3.55. The zero-order chi connectivity index (χ0) is 14.0. The highest BCUT2D eigenvalue weighted by molar-refractivity contribution is 7.89. The third-order valence-corrected chi connectivity index (χ3v) is 5.07. The third-order valence-electron chi connectivity index (χ3n) is 3.33. The van der Waals surface area contributed by atoms with Crippen molar-refractivity contribution >= 4 is 15.7 Å². The molecule has 19 heavy (non-hydrogen) atoms. The fourth-order valence-corrected chi connectivity index (χ4v) is 3.97. The largest absolute Gasteiger partial charge is 0.398 e. The van der Waals surface area contributed by atoms with E-state index in [-0.39, 0.29) is 22.7 Å². The van der Waals surface area contributed by atoms with Crippen molar-refractivity contribution in [3.63, 3.8) is 0 Å². The van der Waals surface area contributed by atoms with Crippen molar-refractivity contribution < 1.29 is 13.2 Å². The van der Waals surface area contributed by atoms with E-state index < -0.39 is 10.0 Å². The second kappa shape index (κ2) is 5.48. The SMILES string of the molecule is CCOC1CC(NS(=O)(=O)c2c(C)cccc2N)C1. The van der Waals surface area contributed by atoms with Crippen molar-refractivity contribution in [3.05, 3.63) is 23.8 Å². The van der Waals surface area contributed by atoms with Crippen LogP contribution >= 0.6 is 0 Å². The maximum atomic E-state index is 12.3. The van der Waals surface area contributed by atoms with Gasteiger partial charge in [0.2, 0.25) is 10.0 Å². The standard InChI is InChI=1S/C13H20N2O3S/c1-3-18-11-7-10(8-11)15-19(16,17)13-9(2)5-4-6-12(13)14/h4-6,10-11,15H,3,7-8,14H2,1-2H3. The lowest BCUT2D eigenvalue weighted by molar-refractivity contribution is -0.00475. The first-order chi connectivity index (χ1) is 8.94. The van der Waals surface area contributed by atoms with Crippen LogP contribution in [0.4, 0.5) is 5.69 Å². The van der Waals surface area contributed by atoms with Crippen LogP contribution in [-0.2, 0) is 14.8 Å². The van der Waals surface area contributed by atoms with Gasteiger partial charge in [-0.1, -0.05) is 12.1 Å². The number of aryl methyl sites for hydroxylation is 1. The molecule has 3 N–H and O–H groups in total. The Labute approximate surface area is 114 Å². The van der Waals surface area contributed by atoms with Crippen molar-refractivity contribution in [3.8, 4) is 0 Å². The van der Waals surface area contributed by atoms with Gasteiger partial charge in [0.25, 0.3) is 0 Å². The minimum atomic E-state index is -3.55. The summed E-state index contributed by atoms with van der Waals surface area (Å²) in [4.78, 5) is 0.190. The highest BCUT2D eigenvalue weighted by Crippen LogP contribution is 2.27. The molecule has 0 amide bonds. The van der Waals surface area contributed by atoms with Crippen LogP contribution in [0.3, 0.4) is 0 Å². The Bertz CT molecular complexity index is 531. The molecule has 0 bridgehead atoms. The first kappa shape index (κ1) is 14.3. The highest BCUT2D eigenvalue weighted by atomic mass is 32.2. The summed E-state index contributed by atoms with van der Waals surface area (Å²) in [5.74, 6) is 0. The minimum Gasteiger partial charge on any atom is -0.398 e. The molecule has 0 unspecified atom stereocenters. The predicted molar refractivity (Wildman–Crippen MR) is 74.3 cm³/mol. The van der Waals surface area contributed by atoms with Crippen LogP contribution < -0.4 is 10.5 Å². The van der Waals surface area contributed by atoms with Gasteiger partial charge < -0.3 is 10.5 Å². The number of benzene rings is 1. The van der Waals surface area contributed by atoms with Gasteiger partial charge in [-0.3, -0.25) is 0 Å². The van der Waals surface area contributed by atoms with Gasteiger partial charge in [0.05, 0.1) is 11.8 Å². The quantitative estimate of drug-likeness (QED) is 0.801. The molecule has 0 saturated heterocycles. The molecule has 0 heterocycles. The molecule has 2 rings (SSSR count). The number of hydrogen-bond acceptors (Lipinski definition) is 4. The topological polar surface area (TPSA) is 81.4 Å². The van der Waals surface area contributed by atoms with Gasteiger partial charge in [0, 0.05) is 12.6 Å². The number of nitrogen functional groups attached to an aromatic ring is 1. The molecule has 0 aliphatic heterocycles. The van der Waals surface area contributed by atoms with Gasteiger partial charge in [-0.05, 0) is 38.3 Å². The molecule has 0 spiro atoms. The van der Waals surface area contributed by atoms with Crippen molar-refractivity contribution in [1.29, 1.82) is 0 Å². The molecule has 1 aliphatic rings. The van der Waals surface area contributed by atoms with Crippen molar-refractivity contribution in [1.82, 2.24) is 4.72 Å². The van der Waals surface area contributed by atoms with E-state index in [9.17, 15) is 8.42 Å². The lowest BCUT2D eigenvalue weighted by Crippen LogP contribution is -2.47. The molecular formula is C13H20N2O3S. The van der Waals surface area contributed by atoms with Gasteiger partial charge in [-0.25, -0.2) is 13.1 Å². The number of rotatable bonds is 5. The summed E-state index contributed by atoms with van der Waals surface area (Å²) >= 11 is 0. The Balaban J connectivity index is 2.08. The summed E-state index contributed by atoms with van der Waals surface area (Å²) in [6.07, 6.45) is 1.62. The zero-order valence-electron chi connectivity index (χ0n) is 11.2. The van der Waals surface area contributed by atoms with E-state index in [0.29, 0.717) is 12.2 Å². The molecule has 1 aromatic carbocycles. The molecule has 0 aromatic heterocycles. The molecular weight excluding hydrogens is 264 g/mol. The molecule has 106 valence electrons. The fourth-order valence-electron chi connectivity index (χ4n) is 2.35. The smallest absolute Gasteiger partial charge is 0.243 e. The predicted octanol–water partition coefficient (Wildman–Crippen LogP) is 1.42. The first-order valence-electron chi connectivity index (χ1n) is 6.43. The molecule has 5 nitrogen and oxygen atoms in total. The Kier molecular flexibility index (Phi) is 4.13. The Morgan fingerprint density at radius 3 is 2.68 bits per heavy atom. The molecule has 1 aromatic rings. The van der Waals surface area contributed by atoms with Crippen LogP contribution in [0.5, 0.6) is 0 Å². The van der Waals surface area contributed by atoms with Gasteiger partial charge in [0.15, 0.2) is 0 Å². The van der Waals surface area contributed by atoms with Crippen LogP contribution in [0.1, 0.15) is 25.3 Å². The van der Waals surface area contributed by atoms with Crippen LogP contribution in [-0.4, -0.2) is 27.2 Å². The van der Waals surface area contributed by atoms with E-state index in [1.807, 2.05) is 6.92 Å². The number of hydrogen-bond donors (Lipinski definition) is 2. The maximum absolute atomic E-state index is 12.3. The van der Waals surface area contributed by atoms with Gasteiger partial charge in [0.1, 0.15) is 4.90 Å². The van der Waals surface area contributed by atoms with Crippen LogP contribution in [0.15, 0.2) is 23.1 Å². The lowest BCUT2D eigenvalue weighted by Gasteiger charge is -2.35. The van der Waals surface area contributed by atoms with Gasteiger partial charge >= 0.3 is 0 Å². The number of nitrogens with one attached hydrogen (secondary N) is 1. The lowest BCUT2D eigenvalue weighted by atomic mass is 9.90. The van der Waals surface area contributed by atoms with Crippen molar-refractivity contribution in [2.24, 2.45) is 0 Å². The number of nitrogens with two attached hydrogens (primary N) is 1. The van der Waals surface area contributed by atoms with E-state index in [2.05, 4.69) is 4.72 Å². The number of sulfonamides is 1. The normalized spacial score (nSPS) is 23.1. The summed E-state index contributed by atoms with van der Waals surface area (Å²) in [5.41, 5.74) is 6.72. The number of ether oxygens (including phenoxy) is 1. The average molecular weight is 284 g/mol. The molecule has 1 fully saturated rings. The first-order valence-corrected chi connectivity index (χ1v) is 7.91. The van der Waals surface area contributed by atoms with Gasteiger partial charge in [-0.2, -0.15) is 0 Å². The minimum absolute atomic E-state index is 0.0550. The highest BCUT2D eigenvalue weighted by Gasteiger charge is 2.34.